The van der Waals surface area contributed by atoms with Gasteiger partial charge in [0.2, 0.25) is 0 Å². The average Bonchev–Trinajstić information content (AvgIpc) is 2.57. The molecule has 0 aromatic heterocycles. The Labute approximate surface area is 129 Å². The molecule has 0 fully saturated rings. The van der Waals surface area contributed by atoms with E-state index in [0.29, 0.717) is 0 Å². The number of esters is 2. The lowest BCUT2D eigenvalue weighted by molar-refractivity contribution is -0.135. The Bertz CT molecular complexity index is 551. The van der Waals surface area contributed by atoms with E-state index in [-0.39, 0.29) is 18.2 Å². The molecular formula is C16H19NO5. The van der Waals surface area contributed by atoms with Crippen molar-refractivity contribution in [2.75, 3.05) is 20.8 Å². The Morgan fingerprint density at radius 2 is 1.86 bits per heavy atom. The molecule has 22 heavy (non-hydrogen) atoms. The fourth-order valence-electron chi connectivity index (χ4n) is 1.65. The highest BCUT2D eigenvalue weighted by Gasteiger charge is 2.11. The highest BCUT2D eigenvalue weighted by molar-refractivity contribution is 5.93. The molecule has 6 nitrogen and oxygen atoms in total. The molecule has 1 atom stereocenters. The zero-order valence-electron chi connectivity index (χ0n) is 12.5. The lowest BCUT2D eigenvalue weighted by atomic mass is 10.1. The van der Waals surface area contributed by atoms with E-state index in [0.717, 1.165) is 11.6 Å². The van der Waals surface area contributed by atoms with Gasteiger partial charge in [-0.15, -0.1) is 0 Å². The second-order valence-electron chi connectivity index (χ2n) is 4.26. The molecule has 0 amide bonds. The number of hydrogen-bond donors (Lipinski definition) is 2. The lowest BCUT2D eigenvalue weighted by Gasteiger charge is -2.15. The molecule has 0 saturated carbocycles. The van der Waals surface area contributed by atoms with Crippen LogP contribution in [0.15, 0.2) is 54.3 Å². The maximum absolute atomic E-state index is 11.7. The molecule has 0 saturated heterocycles. The normalized spacial score (nSPS) is 12.8. The van der Waals surface area contributed by atoms with Crippen LogP contribution < -0.4 is 5.32 Å². The van der Waals surface area contributed by atoms with E-state index in [9.17, 15) is 14.7 Å². The first kappa shape index (κ1) is 17.5. The van der Waals surface area contributed by atoms with Crippen LogP contribution >= 0.6 is 0 Å². The first-order chi connectivity index (χ1) is 10.6. The van der Waals surface area contributed by atoms with E-state index in [1.165, 1.54) is 26.5 Å². The first-order valence-corrected chi connectivity index (χ1v) is 6.58. The molecule has 118 valence electrons. The number of aliphatic hydroxyl groups excluding tert-OH is 1. The number of carbonyl (C=O) groups is 2. The third-order valence-electron chi connectivity index (χ3n) is 2.85. The van der Waals surface area contributed by atoms with Gasteiger partial charge < -0.3 is 19.9 Å². The third kappa shape index (κ3) is 5.41. The maximum Gasteiger partial charge on any atom is 0.339 e. The van der Waals surface area contributed by atoms with E-state index in [1.807, 2.05) is 30.3 Å². The fourth-order valence-corrected chi connectivity index (χ4v) is 1.65. The molecule has 1 aromatic rings. The van der Waals surface area contributed by atoms with Gasteiger partial charge in [0.25, 0.3) is 0 Å². The number of nitrogens with one attached hydrogen (secondary N) is 1. The smallest absolute Gasteiger partial charge is 0.339 e. The van der Waals surface area contributed by atoms with Gasteiger partial charge in [0.15, 0.2) is 0 Å². The summed E-state index contributed by atoms with van der Waals surface area (Å²) in [7, 11) is 2.48. The summed E-state index contributed by atoms with van der Waals surface area (Å²) in [5.74, 6) is -1.20. The molecule has 0 aliphatic carbocycles. The summed E-state index contributed by atoms with van der Waals surface area (Å²) in [4.78, 5) is 22.7. The molecule has 1 unspecified atom stereocenters. The van der Waals surface area contributed by atoms with Crippen LogP contribution in [0.2, 0.25) is 0 Å². The number of carbonyl (C=O) groups excluding carboxylic acids is 2. The summed E-state index contributed by atoms with van der Waals surface area (Å²) in [5.41, 5.74) is 0.990. The summed E-state index contributed by atoms with van der Waals surface area (Å²) < 4.78 is 9.10. The number of ether oxygens (including phenoxy) is 2. The summed E-state index contributed by atoms with van der Waals surface area (Å²) in [5, 5.41) is 12.4. The zero-order valence-corrected chi connectivity index (χ0v) is 12.5. The van der Waals surface area contributed by atoms with Crippen molar-refractivity contribution in [1.82, 2.24) is 5.32 Å². The summed E-state index contributed by atoms with van der Waals surface area (Å²) in [6, 6.07) is 8.89. The van der Waals surface area contributed by atoms with Gasteiger partial charge in [-0.2, -0.15) is 0 Å². The number of rotatable bonds is 7. The Morgan fingerprint density at radius 1 is 1.18 bits per heavy atom. The van der Waals surface area contributed by atoms with Gasteiger partial charge in [-0.05, 0) is 11.6 Å². The van der Waals surface area contributed by atoms with Gasteiger partial charge in [0, 0.05) is 12.3 Å². The van der Waals surface area contributed by atoms with Crippen LogP contribution in [-0.4, -0.2) is 37.9 Å². The fraction of sp³-hybridized carbons (Fsp3) is 0.250. The molecule has 0 radical (unpaired) electrons. The van der Waals surface area contributed by atoms with Crippen molar-refractivity contribution in [3.05, 3.63) is 59.8 Å². The molecule has 0 heterocycles. The molecule has 2 N–H and O–H groups in total. The molecule has 0 spiro atoms. The van der Waals surface area contributed by atoms with Crippen LogP contribution in [0, 0.1) is 0 Å². The van der Waals surface area contributed by atoms with E-state index in [1.54, 1.807) is 0 Å². The lowest BCUT2D eigenvalue weighted by Crippen LogP contribution is -2.21. The van der Waals surface area contributed by atoms with Crippen LogP contribution in [-0.2, 0) is 19.1 Å². The Morgan fingerprint density at radius 3 is 2.41 bits per heavy atom. The zero-order chi connectivity index (χ0) is 16.4. The van der Waals surface area contributed by atoms with E-state index < -0.39 is 11.9 Å². The van der Waals surface area contributed by atoms with Crippen LogP contribution in [0.4, 0.5) is 0 Å². The predicted octanol–water partition coefficient (Wildman–Crippen LogP) is 1.10. The molecular weight excluding hydrogens is 286 g/mol. The van der Waals surface area contributed by atoms with Gasteiger partial charge in [0.05, 0.1) is 32.4 Å². The summed E-state index contributed by atoms with van der Waals surface area (Å²) >= 11 is 0. The van der Waals surface area contributed by atoms with Crippen LogP contribution in [0.25, 0.3) is 0 Å². The standard InChI is InChI=1S/C16H19NO5/c1-21-15(19)9-8-13(16(20)22-2)10-17-14(11-18)12-6-4-3-5-7-12/h3-10,14,17-18H,11H2,1-2H3/b9-8+,13-10-. The highest BCUT2D eigenvalue weighted by Crippen LogP contribution is 2.12. The molecule has 6 heteroatoms. The molecule has 1 aromatic carbocycles. The Balaban J connectivity index is 2.89. The maximum atomic E-state index is 11.7. The first-order valence-electron chi connectivity index (χ1n) is 6.58. The second kappa shape index (κ2) is 9.36. The number of methoxy groups -OCH3 is 2. The van der Waals surface area contributed by atoms with Crippen molar-refractivity contribution in [3.63, 3.8) is 0 Å². The van der Waals surface area contributed by atoms with Crippen molar-refractivity contribution < 1.29 is 24.2 Å². The van der Waals surface area contributed by atoms with Crippen molar-refractivity contribution in [2.45, 2.75) is 6.04 Å². The van der Waals surface area contributed by atoms with Crippen molar-refractivity contribution in [3.8, 4) is 0 Å². The van der Waals surface area contributed by atoms with Gasteiger partial charge in [0.1, 0.15) is 0 Å². The minimum atomic E-state index is -0.614. The topological polar surface area (TPSA) is 84.9 Å². The quantitative estimate of drug-likeness (QED) is 0.446. The minimum Gasteiger partial charge on any atom is -0.466 e. The molecule has 0 aliphatic heterocycles. The van der Waals surface area contributed by atoms with Crippen molar-refractivity contribution in [2.24, 2.45) is 0 Å². The monoisotopic (exact) mass is 305 g/mol. The largest absolute Gasteiger partial charge is 0.466 e. The number of benzene rings is 1. The van der Waals surface area contributed by atoms with E-state index >= 15 is 0 Å². The predicted molar refractivity (Wildman–Crippen MR) is 80.7 cm³/mol. The van der Waals surface area contributed by atoms with Gasteiger partial charge in [-0.1, -0.05) is 30.3 Å². The molecule has 1 rings (SSSR count). The number of hydrogen-bond acceptors (Lipinski definition) is 6. The Kier molecular flexibility index (Phi) is 7.42. The molecule has 0 aliphatic rings. The minimum absolute atomic E-state index is 0.127. The molecule has 0 bridgehead atoms. The summed E-state index contributed by atoms with van der Waals surface area (Å²) in [6.45, 7) is -0.157. The van der Waals surface area contributed by atoms with E-state index in [4.69, 9.17) is 0 Å². The Hall–Kier alpha value is -2.60. The van der Waals surface area contributed by atoms with E-state index in [2.05, 4.69) is 14.8 Å². The van der Waals surface area contributed by atoms with Gasteiger partial charge >= 0.3 is 11.9 Å². The number of aliphatic hydroxyl groups is 1. The van der Waals surface area contributed by atoms with Crippen LogP contribution in [0.5, 0.6) is 0 Å². The summed E-state index contributed by atoms with van der Waals surface area (Å²) in [6.07, 6.45) is 3.78. The third-order valence-corrected chi connectivity index (χ3v) is 2.85. The average molecular weight is 305 g/mol. The highest BCUT2D eigenvalue weighted by atomic mass is 16.5. The van der Waals surface area contributed by atoms with Gasteiger partial charge in [-0.25, -0.2) is 9.59 Å². The van der Waals surface area contributed by atoms with Crippen LogP contribution in [0.3, 0.4) is 0 Å². The SMILES string of the molecule is COC(=O)/C=C/C(=C/NC(CO)c1ccccc1)C(=O)OC. The van der Waals surface area contributed by atoms with Crippen molar-refractivity contribution >= 4 is 11.9 Å². The second-order valence-corrected chi connectivity index (χ2v) is 4.26. The van der Waals surface area contributed by atoms with Gasteiger partial charge in [-0.3, -0.25) is 0 Å². The van der Waals surface area contributed by atoms with Crippen LogP contribution in [0.1, 0.15) is 11.6 Å². The van der Waals surface area contributed by atoms with Crippen molar-refractivity contribution in [1.29, 1.82) is 0 Å².